The number of aliphatic hydroxyl groups excluding tert-OH is 1. The van der Waals surface area contributed by atoms with Crippen LogP contribution in [0.1, 0.15) is 56.2 Å². The first-order chi connectivity index (χ1) is 8.85. The highest BCUT2D eigenvalue weighted by atomic mass is 16.5. The molecule has 1 aromatic heterocycles. The number of hydrogen-bond donors (Lipinski definition) is 1. The molecule has 0 bridgehead atoms. The van der Waals surface area contributed by atoms with Crippen molar-refractivity contribution in [1.82, 2.24) is 10.1 Å². The molecule has 18 heavy (non-hydrogen) atoms. The molecule has 0 atom stereocenters. The number of aliphatic hydroxyl groups is 1. The van der Waals surface area contributed by atoms with Crippen molar-refractivity contribution in [3.8, 4) is 0 Å². The van der Waals surface area contributed by atoms with Gasteiger partial charge in [-0.1, -0.05) is 5.16 Å². The first kappa shape index (κ1) is 12.1. The Morgan fingerprint density at radius 1 is 1.17 bits per heavy atom. The first-order valence-electron chi connectivity index (χ1n) is 6.90. The Bertz CT molecular complexity index is 381. The van der Waals surface area contributed by atoms with Crippen LogP contribution in [0.4, 0.5) is 0 Å². The van der Waals surface area contributed by atoms with Gasteiger partial charge >= 0.3 is 0 Å². The molecular weight excluding hydrogens is 232 g/mol. The second-order valence-corrected chi connectivity index (χ2v) is 5.46. The maximum absolute atomic E-state index is 9.07. The van der Waals surface area contributed by atoms with Crippen LogP contribution in [0.2, 0.25) is 0 Å². The van der Waals surface area contributed by atoms with E-state index in [0.29, 0.717) is 30.9 Å². The zero-order valence-electron chi connectivity index (χ0n) is 10.5. The summed E-state index contributed by atoms with van der Waals surface area (Å²) in [5, 5.41) is 13.0. The van der Waals surface area contributed by atoms with Crippen molar-refractivity contribution in [3.63, 3.8) is 0 Å². The first-order valence-corrected chi connectivity index (χ1v) is 6.90. The minimum atomic E-state index is 0.288. The quantitative estimate of drug-likeness (QED) is 0.868. The molecule has 0 amide bonds. The molecule has 2 aliphatic rings. The Balaban J connectivity index is 1.43. The average molecular weight is 252 g/mol. The predicted molar refractivity (Wildman–Crippen MR) is 63.9 cm³/mol. The lowest BCUT2D eigenvalue weighted by Gasteiger charge is -2.26. The van der Waals surface area contributed by atoms with Crippen LogP contribution in [0.5, 0.6) is 0 Å². The fourth-order valence-electron chi connectivity index (χ4n) is 2.50. The molecule has 1 N–H and O–H groups in total. The van der Waals surface area contributed by atoms with E-state index >= 15 is 0 Å². The van der Waals surface area contributed by atoms with Crippen LogP contribution in [0.25, 0.3) is 0 Å². The molecule has 1 aromatic rings. The van der Waals surface area contributed by atoms with Gasteiger partial charge < -0.3 is 14.4 Å². The minimum absolute atomic E-state index is 0.288. The second kappa shape index (κ2) is 5.36. The number of nitrogens with zero attached hydrogens (tertiary/aromatic N) is 2. The van der Waals surface area contributed by atoms with Crippen molar-refractivity contribution in [2.75, 3.05) is 6.61 Å². The van der Waals surface area contributed by atoms with Gasteiger partial charge in [0.1, 0.15) is 6.61 Å². The third-order valence-electron chi connectivity index (χ3n) is 3.91. The van der Waals surface area contributed by atoms with E-state index in [9.17, 15) is 0 Å². The van der Waals surface area contributed by atoms with Crippen molar-refractivity contribution in [2.24, 2.45) is 5.92 Å². The van der Waals surface area contributed by atoms with Gasteiger partial charge in [0.25, 0.3) is 0 Å². The van der Waals surface area contributed by atoms with E-state index in [1.807, 2.05) is 0 Å². The lowest BCUT2D eigenvalue weighted by Crippen LogP contribution is -2.23. The number of hydrogen-bond acceptors (Lipinski definition) is 5. The van der Waals surface area contributed by atoms with Crippen LogP contribution < -0.4 is 0 Å². The van der Waals surface area contributed by atoms with Crippen molar-refractivity contribution in [3.05, 3.63) is 11.7 Å². The zero-order valence-corrected chi connectivity index (χ0v) is 10.5. The third kappa shape index (κ3) is 2.90. The van der Waals surface area contributed by atoms with Crippen molar-refractivity contribution < 1.29 is 14.4 Å². The van der Waals surface area contributed by atoms with Crippen LogP contribution >= 0.6 is 0 Å². The monoisotopic (exact) mass is 252 g/mol. The second-order valence-electron chi connectivity index (χ2n) is 5.46. The summed E-state index contributed by atoms with van der Waals surface area (Å²) >= 11 is 0. The van der Waals surface area contributed by atoms with Gasteiger partial charge in [-0.25, -0.2) is 0 Å². The highest BCUT2D eigenvalue weighted by Gasteiger charge is 2.29. The summed E-state index contributed by atoms with van der Waals surface area (Å²) in [5.74, 6) is 2.42. The Hall–Kier alpha value is -0.940. The van der Waals surface area contributed by atoms with Gasteiger partial charge in [-0.3, -0.25) is 0 Å². The van der Waals surface area contributed by atoms with Gasteiger partial charge in [-0.15, -0.1) is 0 Å². The van der Waals surface area contributed by atoms with Crippen LogP contribution in [0.3, 0.4) is 0 Å². The average Bonchev–Trinajstić information content (AvgIpc) is 3.16. The summed E-state index contributed by atoms with van der Waals surface area (Å²) in [6, 6.07) is 0. The van der Waals surface area contributed by atoms with Crippen LogP contribution in [0.15, 0.2) is 4.52 Å². The van der Waals surface area contributed by atoms with Gasteiger partial charge in [0, 0.05) is 12.5 Å². The van der Waals surface area contributed by atoms with E-state index in [4.69, 9.17) is 14.4 Å². The molecule has 2 fully saturated rings. The zero-order chi connectivity index (χ0) is 12.4. The fourth-order valence-corrected chi connectivity index (χ4v) is 2.50. The maximum atomic E-state index is 9.07. The molecule has 3 rings (SSSR count). The third-order valence-corrected chi connectivity index (χ3v) is 3.91. The summed E-state index contributed by atoms with van der Waals surface area (Å²) in [4.78, 5) is 4.34. The molecule has 0 unspecified atom stereocenters. The summed E-state index contributed by atoms with van der Waals surface area (Å²) < 4.78 is 11.0. The summed E-state index contributed by atoms with van der Waals surface area (Å²) in [5.41, 5.74) is 0. The van der Waals surface area contributed by atoms with Gasteiger partial charge in [0.05, 0.1) is 6.10 Å². The lowest BCUT2D eigenvalue weighted by atomic mass is 9.88. The molecule has 5 heteroatoms. The van der Waals surface area contributed by atoms with Crippen molar-refractivity contribution in [1.29, 1.82) is 0 Å². The summed E-state index contributed by atoms with van der Waals surface area (Å²) in [6.45, 7) is 0.757. The van der Waals surface area contributed by atoms with Crippen LogP contribution in [0, 0.1) is 5.92 Å². The molecule has 0 radical (unpaired) electrons. The van der Waals surface area contributed by atoms with Gasteiger partial charge in [0.15, 0.2) is 5.82 Å². The van der Waals surface area contributed by atoms with Gasteiger partial charge in [-0.2, -0.15) is 4.98 Å². The van der Waals surface area contributed by atoms with E-state index in [1.165, 1.54) is 12.8 Å². The molecule has 0 spiro atoms. The Kier molecular flexibility index (Phi) is 3.61. The maximum Gasteiger partial charge on any atom is 0.229 e. The van der Waals surface area contributed by atoms with Crippen LogP contribution in [-0.2, 0) is 11.3 Å². The highest BCUT2D eigenvalue weighted by molar-refractivity contribution is 5.01. The summed E-state index contributed by atoms with van der Waals surface area (Å²) in [7, 11) is 0. The number of aromatic nitrogens is 2. The summed E-state index contributed by atoms with van der Waals surface area (Å²) in [6.07, 6.45) is 6.80. The highest BCUT2D eigenvalue weighted by Crippen LogP contribution is 2.38. The molecule has 0 aromatic carbocycles. The van der Waals surface area contributed by atoms with Gasteiger partial charge in [-0.05, 0) is 44.4 Å². The van der Waals surface area contributed by atoms with E-state index in [1.54, 1.807) is 0 Å². The van der Waals surface area contributed by atoms with E-state index in [0.717, 1.165) is 31.6 Å². The minimum Gasteiger partial charge on any atom is -0.396 e. The van der Waals surface area contributed by atoms with Gasteiger partial charge in [0.2, 0.25) is 5.89 Å². The van der Waals surface area contributed by atoms with E-state index in [2.05, 4.69) is 10.1 Å². The fraction of sp³-hybridized carbons (Fsp3) is 0.846. The van der Waals surface area contributed by atoms with Crippen LogP contribution in [-0.4, -0.2) is 28.0 Å². The normalized spacial score (nSPS) is 28.5. The smallest absolute Gasteiger partial charge is 0.229 e. The molecule has 2 saturated carbocycles. The molecule has 1 heterocycles. The lowest BCUT2D eigenvalue weighted by molar-refractivity contribution is -0.00224. The van der Waals surface area contributed by atoms with Crippen molar-refractivity contribution >= 4 is 0 Å². The topological polar surface area (TPSA) is 68.4 Å². The Labute approximate surface area is 107 Å². The van der Waals surface area contributed by atoms with E-state index < -0.39 is 0 Å². The SMILES string of the molecule is OCC1CCC(OCc2noc(C3CC3)n2)CC1. The Morgan fingerprint density at radius 3 is 2.61 bits per heavy atom. The van der Waals surface area contributed by atoms with E-state index in [-0.39, 0.29) is 6.10 Å². The van der Waals surface area contributed by atoms with Crippen molar-refractivity contribution in [2.45, 2.75) is 57.2 Å². The molecule has 5 nitrogen and oxygen atoms in total. The molecule has 2 aliphatic carbocycles. The molecule has 0 aliphatic heterocycles. The molecular formula is C13H20N2O3. The predicted octanol–water partition coefficient (Wildman–Crippen LogP) is 2.01. The largest absolute Gasteiger partial charge is 0.396 e. The number of ether oxygens (including phenoxy) is 1. The standard InChI is InChI=1S/C13H20N2O3/c16-7-9-1-5-11(6-2-9)17-8-12-14-13(18-15-12)10-3-4-10/h9-11,16H,1-8H2. The Morgan fingerprint density at radius 2 is 1.94 bits per heavy atom. The number of rotatable bonds is 5. The molecule has 0 saturated heterocycles. The molecule has 100 valence electrons.